The van der Waals surface area contributed by atoms with E-state index in [4.69, 9.17) is 0 Å². The summed E-state index contributed by atoms with van der Waals surface area (Å²) in [5.41, 5.74) is 0. The summed E-state index contributed by atoms with van der Waals surface area (Å²) >= 11 is 0. The van der Waals surface area contributed by atoms with Crippen molar-refractivity contribution in [1.82, 2.24) is 10.2 Å². The van der Waals surface area contributed by atoms with E-state index in [9.17, 15) is 0 Å². The van der Waals surface area contributed by atoms with Crippen molar-refractivity contribution in [3.8, 4) is 0 Å². The third-order valence-corrected chi connectivity index (χ3v) is 2.87. The van der Waals surface area contributed by atoms with Crippen molar-refractivity contribution >= 4 is 0 Å². The molecule has 14 heavy (non-hydrogen) atoms. The Morgan fingerprint density at radius 2 is 1.64 bits per heavy atom. The maximum absolute atomic E-state index is 3.46. The number of hydrogen-bond acceptors (Lipinski definition) is 2. The molecule has 0 aromatic rings. The van der Waals surface area contributed by atoms with E-state index >= 15 is 0 Å². The van der Waals surface area contributed by atoms with Crippen LogP contribution in [0.3, 0.4) is 0 Å². The summed E-state index contributed by atoms with van der Waals surface area (Å²) in [6, 6.07) is 0.781. The maximum Gasteiger partial charge on any atom is 0.0110 e. The van der Waals surface area contributed by atoms with Gasteiger partial charge in [-0.1, -0.05) is 27.7 Å². The summed E-state index contributed by atoms with van der Waals surface area (Å²) in [6.45, 7) is 13.7. The molecule has 0 heterocycles. The Morgan fingerprint density at radius 1 is 1.00 bits per heavy atom. The lowest BCUT2D eigenvalue weighted by Gasteiger charge is -2.29. The number of rotatable bonds is 9. The minimum absolute atomic E-state index is 0.781. The Morgan fingerprint density at radius 3 is 2.07 bits per heavy atom. The van der Waals surface area contributed by atoms with Crippen molar-refractivity contribution < 1.29 is 0 Å². The van der Waals surface area contributed by atoms with Crippen molar-refractivity contribution in [2.24, 2.45) is 0 Å². The van der Waals surface area contributed by atoms with Crippen molar-refractivity contribution in [3.63, 3.8) is 0 Å². The zero-order chi connectivity index (χ0) is 10.8. The summed E-state index contributed by atoms with van der Waals surface area (Å²) in [5, 5.41) is 3.46. The summed E-state index contributed by atoms with van der Waals surface area (Å²) in [4.78, 5) is 2.59. The molecule has 0 aliphatic carbocycles. The largest absolute Gasteiger partial charge is 0.315 e. The van der Waals surface area contributed by atoms with Crippen LogP contribution >= 0.6 is 0 Å². The van der Waals surface area contributed by atoms with Gasteiger partial charge in [0.2, 0.25) is 0 Å². The van der Waals surface area contributed by atoms with Gasteiger partial charge in [-0.3, -0.25) is 4.90 Å². The van der Waals surface area contributed by atoms with E-state index in [1.165, 1.54) is 32.4 Å². The predicted molar refractivity (Wildman–Crippen MR) is 64.8 cm³/mol. The van der Waals surface area contributed by atoms with E-state index in [-0.39, 0.29) is 0 Å². The van der Waals surface area contributed by atoms with Crippen molar-refractivity contribution in [2.45, 2.75) is 53.0 Å². The Hall–Kier alpha value is -0.0800. The molecule has 0 aliphatic rings. The summed E-state index contributed by atoms with van der Waals surface area (Å²) in [6.07, 6.45) is 3.79. The fourth-order valence-corrected chi connectivity index (χ4v) is 1.93. The topological polar surface area (TPSA) is 15.3 Å². The van der Waals surface area contributed by atoms with Gasteiger partial charge in [0.05, 0.1) is 0 Å². The van der Waals surface area contributed by atoms with Gasteiger partial charge in [0.1, 0.15) is 0 Å². The van der Waals surface area contributed by atoms with Gasteiger partial charge in [0.15, 0.2) is 0 Å². The minimum atomic E-state index is 0.781. The smallest absolute Gasteiger partial charge is 0.0110 e. The molecule has 0 atom stereocenters. The normalized spacial score (nSPS) is 11.6. The Labute approximate surface area is 90.1 Å². The van der Waals surface area contributed by atoms with Gasteiger partial charge in [-0.05, 0) is 32.4 Å². The molecule has 2 nitrogen and oxygen atoms in total. The first-order valence-corrected chi connectivity index (χ1v) is 6.24. The second kappa shape index (κ2) is 9.47. The molecule has 1 N–H and O–H groups in total. The van der Waals surface area contributed by atoms with E-state index < -0.39 is 0 Å². The first kappa shape index (κ1) is 13.9. The van der Waals surface area contributed by atoms with Crippen LogP contribution < -0.4 is 5.32 Å². The fourth-order valence-electron chi connectivity index (χ4n) is 1.93. The molecule has 0 saturated heterocycles. The highest BCUT2D eigenvalue weighted by atomic mass is 15.2. The van der Waals surface area contributed by atoms with Crippen molar-refractivity contribution in [1.29, 1.82) is 0 Å². The Bertz CT molecular complexity index is 111. The second-order valence-corrected chi connectivity index (χ2v) is 3.85. The van der Waals surface area contributed by atoms with Crippen LogP contribution in [0.4, 0.5) is 0 Å². The lowest BCUT2D eigenvalue weighted by molar-refractivity contribution is 0.196. The van der Waals surface area contributed by atoms with Gasteiger partial charge in [-0.15, -0.1) is 0 Å². The number of likely N-dealkylation sites (N-methyl/N-ethyl adjacent to an activating group) is 1. The molecule has 0 unspecified atom stereocenters. The van der Waals surface area contributed by atoms with Crippen LogP contribution in [0.1, 0.15) is 47.0 Å². The van der Waals surface area contributed by atoms with Crippen LogP contribution in [0.25, 0.3) is 0 Å². The molecule has 0 saturated carbocycles. The fraction of sp³-hybridized carbons (Fsp3) is 1.00. The highest BCUT2D eigenvalue weighted by molar-refractivity contribution is 4.68. The molecule has 0 aliphatic heterocycles. The molecule has 2 heteroatoms. The highest BCUT2D eigenvalue weighted by Gasteiger charge is 2.11. The first-order valence-electron chi connectivity index (χ1n) is 6.24. The summed E-state index contributed by atoms with van der Waals surface area (Å²) < 4.78 is 0. The molecule has 86 valence electrons. The van der Waals surface area contributed by atoms with E-state index in [2.05, 4.69) is 37.9 Å². The Kier molecular flexibility index (Phi) is 9.42. The molecule has 0 amide bonds. The van der Waals surface area contributed by atoms with Crippen LogP contribution in [0, 0.1) is 0 Å². The van der Waals surface area contributed by atoms with Gasteiger partial charge < -0.3 is 5.32 Å². The quantitative estimate of drug-likeness (QED) is 0.575. The molecular weight excluding hydrogens is 172 g/mol. The molecule has 0 rings (SSSR count). The minimum Gasteiger partial charge on any atom is -0.315 e. The highest BCUT2D eigenvalue weighted by Crippen LogP contribution is 2.06. The van der Waals surface area contributed by atoms with Crippen molar-refractivity contribution in [3.05, 3.63) is 0 Å². The van der Waals surface area contributed by atoms with E-state index in [1.807, 2.05) is 0 Å². The lowest BCUT2D eigenvalue weighted by Crippen LogP contribution is -2.39. The number of nitrogens with one attached hydrogen (secondary N) is 1. The van der Waals surface area contributed by atoms with Crippen LogP contribution in [0.5, 0.6) is 0 Å². The predicted octanol–water partition coefficient (Wildman–Crippen LogP) is 2.50. The molecule has 0 aromatic carbocycles. The van der Waals surface area contributed by atoms with Gasteiger partial charge in [-0.25, -0.2) is 0 Å². The van der Waals surface area contributed by atoms with E-state index in [0.29, 0.717) is 0 Å². The number of hydrogen-bond donors (Lipinski definition) is 1. The van der Waals surface area contributed by atoms with Gasteiger partial charge in [0.25, 0.3) is 0 Å². The molecule has 0 radical (unpaired) electrons. The average molecular weight is 200 g/mol. The molecule has 0 fully saturated rings. The van der Waals surface area contributed by atoms with Crippen LogP contribution in [0.2, 0.25) is 0 Å². The lowest BCUT2D eigenvalue weighted by atomic mass is 10.1. The SMILES string of the molecule is CCCNCCN(CC)C(CC)CC. The van der Waals surface area contributed by atoms with Gasteiger partial charge in [0, 0.05) is 19.1 Å². The van der Waals surface area contributed by atoms with Crippen LogP contribution in [-0.2, 0) is 0 Å². The molecule has 0 aromatic heterocycles. The summed E-state index contributed by atoms with van der Waals surface area (Å²) in [5.74, 6) is 0. The zero-order valence-electron chi connectivity index (χ0n) is 10.5. The average Bonchev–Trinajstić information content (AvgIpc) is 2.23. The third kappa shape index (κ3) is 5.61. The second-order valence-electron chi connectivity index (χ2n) is 3.85. The Balaban J connectivity index is 3.65. The van der Waals surface area contributed by atoms with Gasteiger partial charge in [-0.2, -0.15) is 0 Å². The molecular formula is C12H28N2. The van der Waals surface area contributed by atoms with Gasteiger partial charge >= 0.3 is 0 Å². The standard InChI is InChI=1S/C12H28N2/c1-5-9-13-10-11-14(8-4)12(6-2)7-3/h12-13H,5-11H2,1-4H3. The molecule has 0 spiro atoms. The van der Waals surface area contributed by atoms with E-state index in [0.717, 1.165) is 19.1 Å². The number of nitrogens with zero attached hydrogens (tertiary/aromatic N) is 1. The zero-order valence-corrected chi connectivity index (χ0v) is 10.5. The van der Waals surface area contributed by atoms with E-state index in [1.54, 1.807) is 0 Å². The van der Waals surface area contributed by atoms with Crippen LogP contribution in [-0.4, -0.2) is 37.1 Å². The first-order chi connectivity index (χ1) is 6.79. The third-order valence-electron chi connectivity index (χ3n) is 2.87. The van der Waals surface area contributed by atoms with Crippen LogP contribution in [0.15, 0.2) is 0 Å². The maximum atomic E-state index is 3.46. The van der Waals surface area contributed by atoms with Crippen molar-refractivity contribution in [2.75, 3.05) is 26.2 Å². The molecule has 0 bridgehead atoms. The summed E-state index contributed by atoms with van der Waals surface area (Å²) in [7, 11) is 0. The monoisotopic (exact) mass is 200 g/mol.